The van der Waals surface area contributed by atoms with Crippen LogP contribution in [0.15, 0.2) is 17.5 Å². The monoisotopic (exact) mass is 284 g/mol. The summed E-state index contributed by atoms with van der Waals surface area (Å²) in [5, 5.41) is 12.9. The Hall–Kier alpha value is -1.89. The molecule has 2 amide bonds. The second kappa shape index (κ2) is 6.89. The molecule has 0 saturated heterocycles. The van der Waals surface area contributed by atoms with Crippen LogP contribution in [0.5, 0.6) is 0 Å². The van der Waals surface area contributed by atoms with E-state index in [4.69, 9.17) is 5.11 Å². The van der Waals surface area contributed by atoms with Gasteiger partial charge in [0.2, 0.25) is 5.91 Å². The fraction of sp³-hybridized carbons (Fsp3) is 0.417. The summed E-state index contributed by atoms with van der Waals surface area (Å²) in [5.74, 6) is -1.58. The number of aliphatic carboxylic acids is 1. The van der Waals surface area contributed by atoms with Crippen LogP contribution in [0.25, 0.3) is 0 Å². The van der Waals surface area contributed by atoms with Gasteiger partial charge in [-0.25, -0.2) is 0 Å². The maximum Gasteiger partial charge on any atom is 0.305 e. The Labute approximate surface area is 115 Å². The summed E-state index contributed by atoms with van der Waals surface area (Å²) in [6, 6.07) is 2.99. The highest BCUT2D eigenvalue weighted by Crippen LogP contribution is 2.10. The van der Waals surface area contributed by atoms with Crippen molar-refractivity contribution in [2.24, 2.45) is 0 Å². The van der Waals surface area contributed by atoms with Gasteiger partial charge in [-0.1, -0.05) is 6.07 Å². The lowest BCUT2D eigenvalue weighted by atomic mass is 10.2. The first-order valence-electron chi connectivity index (χ1n) is 5.70. The molecule has 0 aliphatic heterocycles. The molecule has 19 heavy (non-hydrogen) atoms. The Bertz CT molecular complexity index is 458. The van der Waals surface area contributed by atoms with Crippen LogP contribution in [0.3, 0.4) is 0 Å². The average molecular weight is 284 g/mol. The number of amides is 2. The minimum Gasteiger partial charge on any atom is -0.481 e. The van der Waals surface area contributed by atoms with Crippen molar-refractivity contribution in [1.82, 2.24) is 10.2 Å². The molecule has 0 aliphatic rings. The highest BCUT2D eigenvalue weighted by molar-refractivity contribution is 7.12. The average Bonchev–Trinajstić information content (AvgIpc) is 2.79. The lowest BCUT2D eigenvalue weighted by Crippen LogP contribution is -2.42. The molecule has 6 nitrogen and oxygen atoms in total. The number of rotatable bonds is 6. The number of carbonyl (C=O) groups excluding carboxylic acids is 2. The van der Waals surface area contributed by atoms with Gasteiger partial charge in [-0.3, -0.25) is 14.4 Å². The Morgan fingerprint density at radius 1 is 1.47 bits per heavy atom. The fourth-order valence-electron chi connectivity index (χ4n) is 1.51. The molecule has 0 bridgehead atoms. The molecule has 1 atom stereocenters. The van der Waals surface area contributed by atoms with Crippen molar-refractivity contribution in [3.8, 4) is 0 Å². The van der Waals surface area contributed by atoms with Gasteiger partial charge in [0.05, 0.1) is 17.8 Å². The van der Waals surface area contributed by atoms with Crippen LogP contribution in [0.1, 0.15) is 23.0 Å². The summed E-state index contributed by atoms with van der Waals surface area (Å²) >= 11 is 1.31. The normalized spacial score (nSPS) is 11.7. The third-order valence-electron chi connectivity index (χ3n) is 2.35. The van der Waals surface area contributed by atoms with Gasteiger partial charge in [-0.05, 0) is 18.4 Å². The van der Waals surface area contributed by atoms with Crippen LogP contribution in [0.4, 0.5) is 0 Å². The van der Waals surface area contributed by atoms with Crippen molar-refractivity contribution in [2.75, 3.05) is 13.6 Å². The number of nitrogens with zero attached hydrogens (tertiary/aromatic N) is 1. The van der Waals surface area contributed by atoms with Gasteiger partial charge in [0.1, 0.15) is 0 Å². The van der Waals surface area contributed by atoms with Crippen LogP contribution in [-0.2, 0) is 9.59 Å². The van der Waals surface area contributed by atoms with Gasteiger partial charge in [-0.15, -0.1) is 11.3 Å². The minimum atomic E-state index is -0.976. The van der Waals surface area contributed by atoms with Crippen molar-refractivity contribution in [2.45, 2.75) is 19.4 Å². The Kier molecular flexibility index (Phi) is 5.50. The highest BCUT2D eigenvalue weighted by Gasteiger charge is 2.17. The van der Waals surface area contributed by atoms with Crippen LogP contribution >= 0.6 is 11.3 Å². The molecule has 1 aromatic heterocycles. The Morgan fingerprint density at radius 2 is 2.16 bits per heavy atom. The van der Waals surface area contributed by atoms with E-state index in [2.05, 4.69) is 5.32 Å². The van der Waals surface area contributed by atoms with Gasteiger partial charge in [-0.2, -0.15) is 0 Å². The van der Waals surface area contributed by atoms with Crippen molar-refractivity contribution in [3.63, 3.8) is 0 Å². The maximum absolute atomic E-state index is 11.9. The van der Waals surface area contributed by atoms with E-state index >= 15 is 0 Å². The number of hydrogen-bond acceptors (Lipinski definition) is 4. The summed E-state index contributed by atoms with van der Waals surface area (Å²) in [4.78, 5) is 35.8. The van der Waals surface area contributed by atoms with Crippen molar-refractivity contribution >= 4 is 29.1 Å². The van der Waals surface area contributed by atoms with E-state index in [1.54, 1.807) is 24.4 Å². The quantitative estimate of drug-likeness (QED) is 0.809. The molecule has 104 valence electrons. The Balaban J connectivity index is 2.44. The number of carbonyl (C=O) groups is 3. The van der Waals surface area contributed by atoms with Crippen LogP contribution in [0.2, 0.25) is 0 Å². The predicted molar refractivity (Wildman–Crippen MR) is 71.1 cm³/mol. The molecule has 0 aliphatic carbocycles. The maximum atomic E-state index is 11.9. The molecular weight excluding hydrogens is 268 g/mol. The van der Waals surface area contributed by atoms with Crippen molar-refractivity contribution in [1.29, 1.82) is 0 Å². The molecule has 0 saturated carbocycles. The first-order valence-corrected chi connectivity index (χ1v) is 6.58. The van der Waals surface area contributed by atoms with Gasteiger partial charge >= 0.3 is 5.97 Å². The summed E-state index contributed by atoms with van der Waals surface area (Å²) in [5.41, 5.74) is 0. The first kappa shape index (κ1) is 15.2. The van der Waals surface area contributed by atoms with E-state index in [1.165, 1.54) is 23.3 Å². The van der Waals surface area contributed by atoms with Gasteiger partial charge < -0.3 is 15.3 Å². The van der Waals surface area contributed by atoms with E-state index in [1.807, 2.05) is 0 Å². The zero-order valence-electron chi connectivity index (χ0n) is 10.8. The van der Waals surface area contributed by atoms with Crippen LogP contribution < -0.4 is 5.32 Å². The summed E-state index contributed by atoms with van der Waals surface area (Å²) in [6.45, 7) is 1.51. The molecule has 0 radical (unpaired) electrons. The van der Waals surface area contributed by atoms with E-state index in [-0.39, 0.29) is 24.8 Å². The standard InChI is InChI=1S/C12H16N2O4S/c1-8(6-11(16)17)13-10(15)7-14(2)12(18)9-4-3-5-19-9/h3-5,8H,6-7H2,1-2H3,(H,13,15)(H,16,17). The SMILES string of the molecule is CC(CC(=O)O)NC(=O)CN(C)C(=O)c1cccs1. The molecule has 2 N–H and O–H groups in total. The minimum absolute atomic E-state index is 0.0965. The van der Waals surface area contributed by atoms with Gasteiger partial charge in [0.15, 0.2) is 0 Å². The molecule has 0 fully saturated rings. The summed E-state index contributed by atoms with van der Waals surface area (Å²) in [7, 11) is 1.53. The molecule has 1 rings (SSSR count). The largest absolute Gasteiger partial charge is 0.481 e. The van der Waals surface area contributed by atoms with Gasteiger partial charge in [0.25, 0.3) is 5.91 Å². The third kappa shape index (κ3) is 5.09. The lowest BCUT2D eigenvalue weighted by Gasteiger charge is -2.18. The smallest absolute Gasteiger partial charge is 0.305 e. The van der Waals surface area contributed by atoms with Crippen LogP contribution in [0, 0.1) is 0 Å². The molecule has 7 heteroatoms. The zero-order chi connectivity index (χ0) is 14.4. The summed E-state index contributed by atoms with van der Waals surface area (Å²) in [6.07, 6.45) is -0.145. The predicted octanol–water partition coefficient (Wildman–Crippen LogP) is 0.800. The lowest BCUT2D eigenvalue weighted by molar-refractivity contribution is -0.137. The molecule has 1 heterocycles. The molecule has 0 aromatic carbocycles. The third-order valence-corrected chi connectivity index (χ3v) is 3.21. The fourth-order valence-corrected chi connectivity index (χ4v) is 2.23. The topological polar surface area (TPSA) is 86.7 Å². The summed E-state index contributed by atoms with van der Waals surface area (Å²) < 4.78 is 0. The van der Waals surface area contributed by atoms with Crippen molar-refractivity contribution < 1.29 is 19.5 Å². The Morgan fingerprint density at radius 3 is 2.68 bits per heavy atom. The number of nitrogens with one attached hydrogen (secondary N) is 1. The second-order valence-corrected chi connectivity index (χ2v) is 5.15. The van der Waals surface area contributed by atoms with Crippen molar-refractivity contribution in [3.05, 3.63) is 22.4 Å². The van der Waals surface area contributed by atoms with E-state index in [0.29, 0.717) is 4.88 Å². The number of carboxylic acids is 1. The van der Waals surface area contributed by atoms with E-state index in [9.17, 15) is 14.4 Å². The van der Waals surface area contributed by atoms with E-state index < -0.39 is 12.0 Å². The van der Waals surface area contributed by atoms with E-state index in [0.717, 1.165) is 0 Å². The number of likely N-dealkylation sites (N-methyl/N-ethyl adjacent to an activating group) is 1. The van der Waals surface area contributed by atoms with Crippen LogP contribution in [-0.4, -0.2) is 47.4 Å². The molecular formula is C12H16N2O4S. The second-order valence-electron chi connectivity index (χ2n) is 4.20. The molecule has 0 spiro atoms. The number of thiophene rings is 1. The molecule has 1 unspecified atom stereocenters. The zero-order valence-corrected chi connectivity index (χ0v) is 11.6. The van der Waals surface area contributed by atoms with Gasteiger partial charge in [0, 0.05) is 13.1 Å². The first-order chi connectivity index (χ1) is 8.90. The number of carboxylic acid groups (broad SMARTS) is 1. The molecule has 1 aromatic rings. The highest BCUT2D eigenvalue weighted by atomic mass is 32.1. The number of hydrogen-bond donors (Lipinski definition) is 2.